The Kier molecular flexibility index (Phi) is 8.78. The van der Waals surface area contributed by atoms with Crippen LogP contribution in [0.1, 0.15) is 27.6 Å². The van der Waals surface area contributed by atoms with Crippen LogP contribution in [0, 0.1) is 0 Å². The van der Waals surface area contributed by atoms with E-state index in [0.29, 0.717) is 15.9 Å². The zero-order chi connectivity index (χ0) is 28.2. The Morgan fingerprint density at radius 2 is 1.13 bits per heavy atom. The summed E-state index contributed by atoms with van der Waals surface area (Å²) in [7, 11) is -3.51. The fraction of sp³-hybridized carbons (Fsp3) is 0.100. The lowest BCUT2D eigenvalue weighted by Gasteiger charge is -2.38. The molecule has 4 rings (SSSR count). The molecule has 0 heterocycles. The van der Waals surface area contributed by atoms with Gasteiger partial charge in [-0.3, -0.25) is 4.79 Å². The van der Waals surface area contributed by atoms with E-state index in [1.807, 2.05) is 18.2 Å². The first-order valence-electron chi connectivity index (χ1n) is 11.9. The van der Waals surface area contributed by atoms with Gasteiger partial charge >= 0.3 is 10.6 Å². The van der Waals surface area contributed by atoms with Gasteiger partial charge < -0.3 is 14.6 Å². The molecule has 4 aromatic rings. The first-order chi connectivity index (χ1) is 18.7. The van der Waals surface area contributed by atoms with Crippen LogP contribution in [0.3, 0.4) is 0 Å². The van der Waals surface area contributed by atoms with Crippen LogP contribution >= 0.6 is 42.1 Å². The number of alkyl halides is 1. The molecule has 0 aliphatic carbocycles. The number of hydrogen-bond donors (Lipinski definition) is 0. The standard InChI is InChI=1S/C30H22Cl3O5P/c1-2-38-29(37)30(33,27(34)23-18-25(31)26(32)19-24(23)28(35)36)39(20-12-6-3-7-13-20,21-14-8-4-9-15-21)22-16-10-5-11-17-22/h3-19H,2H2,1H3. The third kappa shape index (κ3) is 4.97. The summed E-state index contributed by atoms with van der Waals surface area (Å²) in [5.41, 5.74) is -0.962. The Hall–Kier alpha value is -3.21. The number of Topliss-reactive ketones (excluding diaryl/α,β-unsaturated/α-hetero) is 1. The predicted octanol–water partition coefficient (Wildman–Crippen LogP) is 5.03. The third-order valence-electron chi connectivity index (χ3n) is 6.26. The molecule has 0 saturated heterocycles. The molecule has 9 heteroatoms. The zero-order valence-electron chi connectivity index (χ0n) is 20.6. The monoisotopic (exact) mass is 598 g/mol. The summed E-state index contributed by atoms with van der Waals surface area (Å²) >= 11 is 19.8. The molecule has 0 spiro atoms. The highest BCUT2D eigenvalue weighted by atomic mass is 35.5. The normalized spacial score (nSPS) is 12.8. The van der Waals surface area contributed by atoms with Crippen molar-refractivity contribution in [3.05, 3.63) is 124 Å². The van der Waals surface area contributed by atoms with Crippen molar-refractivity contribution in [2.75, 3.05) is 6.61 Å². The minimum Gasteiger partial charge on any atom is -0.545 e. The Labute approximate surface area is 241 Å². The van der Waals surface area contributed by atoms with Crippen molar-refractivity contribution in [3.8, 4) is 0 Å². The lowest BCUT2D eigenvalue weighted by atomic mass is 10.0. The number of ketones is 1. The largest absolute Gasteiger partial charge is 0.545 e. The molecular formula is C30H22Cl3O5P. The first kappa shape index (κ1) is 28.8. The highest BCUT2D eigenvalue weighted by Gasteiger charge is 2.72. The van der Waals surface area contributed by atoms with E-state index in [1.54, 1.807) is 79.7 Å². The molecule has 0 amide bonds. The molecule has 0 radical (unpaired) electrons. The van der Waals surface area contributed by atoms with Crippen molar-refractivity contribution in [1.29, 1.82) is 0 Å². The molecule has 0 saturated carbocycles. The number of hydrogen-bond acceptors (Lipinski definition) is 5. The lowest BCUT2D eigenvalue weighted by molar-refractivity contribution is -0.255. The van der Waals surface area contributed by atoms with Gasteiger partial charge in [-0.25, -0.2) is 4.79 Å². The van der Waals surface area contributed by atoms with E-state index in [-0.39, 0.29) is 16.7 Å². The van der Waals surface area contributed by atoms with Gasteiger partial charge in [-0.2, -0.15) is 0 Å². The lowest BCUT2D eigenvalue weighted by Crippen LogP contribution is -2.54. The average Bonchev–Trinajstić information content (AvgIpc) is 2.96. The molecule has 0 aliphatic heterocycles. The molecule has 4 aromatic carbocycles. The molecule has 1 atom stereocenters. The van der Waals surface area contributed by atoms with Crippen molar-refractivity contribution >= 4 is 75.7 Å². The van der Waals surface area contributed by atoms with Gasteiger partial charge in [-0.05, 0) is 55.5 Å². The molecule has 1 unspecified atom stereocenters. The number of carbonyl (C=O) groups excluding carboxylic acids is 3. The van der Waals surface area contributed by atoms with Crippen LogP contribution in [-0.4, -0.2) is 28.9 Å². The minimum absolute atomic E-state index is 0.0757. The molecule has 0 bridgehead atoms. The Morgan fingerprint density at radius 1 is 0.744 bits per heavy atom. The van der Waals surface area contributed by atoms with E-state index in [0.717, 1.165) is 12.1 Å². The molecule has 0 aliphatic rings. The smallest absolute Gasteiger partial charge is 0.375 e. The van der Waals surface area contributed by atoms with Crippen LogP contribution in [0.2, 0.25) is 10.0 Å². The van der Waals surface area contributed by atoms with Crippen molar-refractivity contribution in [1.82, 2.24) is 0 Å². The minimum atomic E-state index is -3.51. The van der Waals surface area contributed by atoms with Crippen LogP contribution in [0.5, 0.6) is 0 Å². The van der Waals surface area contributed by atoms with E-state index in [1.165, 1.54) is 0 Å². The first-order valence-corrected chi connectivity index (χ1v) is 14.8. The van der Waals surface area contributed by atoms with Gasteiger partial charge in [0.1, 0.15) is 15.9 Å². The molecule has 5 nitrogen and oxygen atoms in total. The predicted molar refractivity (Wildman–Crippen MR) is 155 cm³/mol. The van der Waals surface area contributed by atoms with Gasteiger partial charge in [-0.1, -0.05) is 89.4 Å². The Bertz CT molecular complexity index is 1420. The maximum Gasteiger partial charge on any atom is 0.375 e. The summed E-state index contributed by atoms with van der Waals surface area (Å²) in [5.74, 6) is -3.69. The Balaban J connectivity index is 2.22. The number of esters is 1. The van der Waals surface area contributed by atoms with Crippen LogP contribution in [0.25, 0.3) is 0 Å². The molecule has 39 heavy (non-hydrogen) atoms. The SMILES string of the molecule is CCOC(=O)C(Cl)(C(=O)c1cc(Cl)c(Cl)cc1C(=O)[O-])[P+](c1ccccc1)(c1ccccc1)c1ccccc1. The van der Waals surface area contributed by atoms with E-state index in [4.69, 9.17) is 39.5 Å². The van der Waals surface area contributed by atoms with Gasteiger partial charge in [-0.15, -0.1) is 0 Å². The highest BCUT2D eigenvalue weighted by molar-refractivity contribution is 7.99. The highest BCUT2D eigenvalue weighted by Crippen LogP contribution is 2.69. The summed E-state index contributed by atoms with van der Waals surface area (Å²) < 4.78 is 3.04. The molecule has 0 fully saturated rings. The van der Waals surface area contributed by atoms with Gasteiger partial charge in [0.2, 0.25) is 5.78 Å². The summed E-state index contributed by atoms with van der Waals surface area (Å²) in [5, 5.41) is 13.8. The fourth-order valence-corrected chi connectivity index (χ4v) is 10.6. The summed E-state index contributed by atoms with van der Waals surface area (Å²) in [4.78, 5) is 41.0. The number of benzene rings is 4. The molecular weight excluding hydrogens is 578 g/mol. The third-order valence-corrected chi connectivity index (χ3v) is 12.6. The molecule has 198 valence electrons. The van der Waals surface area contributed by atoms with Crippen molar-refractivity contribution in [2.24, 2.45) is 0 Å². The maximum atomic E-state index is 14.7. The second kappa shape index (κ2) is 11.9. The van der Waals surface area contributed by atoms with Crippen molar-refractivity contribution in [2.45, 2.75) is 11.5 Å². The van der Waals surface area contributed by atoms with Crippen LogP contribution in [0.15, 0.2) is 103 Å². The molecule has 0 N–H and O–H groups in total. The second-order valence-electron chi connectivity index (χ2n) is 8.45. The number of ether oxygens (including phenoxy) is 1. The van der Waals surface area contributed by atoms with Gasteiger partial charge in [0.15, 0.2) is 7.26 Å². The maximum absolute atomic E-state index is 14.7. The average molecular weight is 600 g/mol. The topological polar surface area (TPSA) is 83.5 Å². The van der Waals surface area contributed by atoms with Crippen LogP contribution in [-0.2, 0) is 9.53 Å². The van der Waals surface area contributed by atoms with Gasteiger partial charge in [0.25, 0.3) is 0 Å². The quantitative estimate of drug-likeness (QED) is 0.0886. The van der Waals surface area contributed by atoms with Crippen molar-refractivity contribution < 1.29 is 24.2 Å². The summed E-state index contributed by atoms with van der Waals surface area (Å²) in [6.07, 6.45) is 0. The summed E-state index contributed by atoms with van der Waals surface area (Å²) in [6.45, 7) is 1.52. The number of halogens is 3. The number of carboxylic acid groups (broad SMARTS) is 1. The van der Waals surface area contributed by atoms with E-state index < -0.39 is 40.7 Å². The van der Waals surface area contributed by atoms with Crippen LogP contribution in [0.4, 0.5) is 0 Å². The molecule has 0 aromatic heterocycles. The van der Waals surface area contributed by atoms with Crippen molar-refractivity contribution in [3.63, 3.8) is 0 Å². The Morgan fingerprint density at radius 3 is 1.49 bits per heavy atom. The van der Waals surface area contributed by atoms with Gasteiger partial charge in [0, 0.05) is 11.1 Å². The number of carboxylic acids is 1. The van der Waals surface area contributed by atoms with Gasteiger partial charge in [0.05, 0.1) is 22.6 Å². The fourth-order valence-electron chi connectivity index (χ4n) is 4.63. The number of aromatic carboxylic acids is 1. The number of carbonyl (C=O) groups is 3. The van der Waals surface area contributed by atoms with Crippen LogP contribution < -0.4 is 21.0 Å². The second-order valence-corrected chi connectivity index (χ2v) is 13.7. The van der Waals surface area contributed by atoms with E-state index in [9.17, 15) is 19.5 Å². The number of rotatable bonds is 9. The van der Waals surface area contributed by atoms with E-state index in [2.05, 4.69) is 0 Å². The summed E-state index contributed by atoms with van der Waals surface area (Å²) in [6, 6.07) is 29.0. The zero-order valence-corrected chi connectivity index (χ0v) is 23.8. The van der Waals surface area contributed by atoms with E-state index >= 15 is 0 Å².